The lowest BCUT2D eigenvalue weighted by atomic mass is 9.85. The predicted molar refractivity (Wildman–Crippen MR) is 110 cm³/mol. The number of hydrogen-bond acceptors (Lipinski definition) is 6. The van der Waals surface area contributed by atoms with Gasteiger partial charge < -0.3 is 9.32 Å². The van der Waals surface area contributed by atoms with E-state index in [4.69, 9.17) is 16.0 Å². The lowest BCUT2D eigenvalue weighted by molar-refractivity contribution is -0.147. The fourth-order valence-corrected chi connectivity index (χ4v) is 4.36. The van der Waals surface area contributed by atoms with Gasteiger partial charge in [-0.1, -0.05) is 23.8 Å². The molecule has 31 heavy (non-hydrogen) atoms. The highest BCUT2D eigenvalue weighted by Crippen LogP contribution is 2.35. The first-order valence-electron chi connectivity index (χ1n) is 10.4. The molecule has 2 fully saturated rings. The van der Waals surface area contributed by atoms with Crippen LogP contribution in [-0.2, 0) is 20.9 Å². The van der Waals surface area contributed by atoms with Crippen molar-refractivity contribution in [1.82, 2.24) is 20.0 Å². The zero-order chi connectivity index (χ0) is 21.5. The zero-order valence-corrected chi connectivity index (χ0v) is 17.5. The van der Waals surface area contributed by atoms with Crippen LogP contribution in [0.4, 0.5) is 0 Å². The minimum Gasteiger partial charge on any atom is -0.419 e. The van der Waals surface area contributed by atoms with Crippen LogP contribution in [0.15, 0.2) is 40.8 Å². The van der Waals surface area contributed by atoms with Crippen LogP contribution in [0, 0.1) is 11.8 Å². The average Bonchev–Trinajstić information content (AvgIpc) is 3.47. The van der Waals surface area contributed by atoms with E-state index in [1.807, 2.05) is 12.2 Å². The van der Waals surface area contributed by atoms with Gasteiger partial charge in [0, 0.05) is 16.6 Å². The molecule has 5 rings (SSSR count). The maximum atomic E-state index is 13.1. The number of hydrogen-bond donors (Lipinski definition) is 0. The number of benzene rings is 1. The van der Waals surface area contributed by atoms with E-state index < -0.39 is 0 Å². The van der Waals surface area contributed by atoms with Gasteiger partial charge in [0.2, 0.25) is 29.5 Å². The third-order valence-corrected chi connectivity index (χ3v) is 6.32. The fourth-order valence-electron chi connectivity index (χ4n) is 4.23. The number of likely N-dealkylation sites (tertiary alicyclic amines) is 1. The van der Waals surface area contributed by atoms with Crippen molar-refractivity contribution < 1.29 is 18.8 Å². The molecule has 2 atom stereocenters. The van der Waals surface area contributed by atoms with Crippen LogP contribution in [0.1, 0.15) is 31.6 Å². The number of nitrogens with zero attached hydrogens (tertiary/aromatic N) is 4. The van der Waals surface area contributed by atoms with Crippen molar-refractivity contribution in [3.63, 3.8) is 0 Å². The molecule has 160 valence electrons. The maximum absolute atomic E-state index is 13.1. The third-order valence-electron chi connectivity index (χ3n) is 6.06. The van der Waals surface area contributed by atoms with Crippen molar-refractivity contribution in [1.29, 1.82) is 0 Å². The van der Waals surface area contributed by atoms with Gasteiger partial charge in [-0.2, -0.15) is 0 Å². The molecule has 3 aliphatic rings. The summed E-state index contributed by atoms with van der Waals surface area (Å²) < 4.78 is 5.74. The van der Waals surface area contributed by atoms with Gasteiger partial charge in [0.1, 0.15) is 6.54 Å². The van der Waals surface area contributed by atoms with Crippen molar-refractivity contribution >= 4 is 29.3 Å². The normalized spacial score (nSPS) is 22.7. The summed E-state index contributed by atoms with van der Waals surface area (Å²) in [4.78, 5) is 41.2. The van der Waals surface area contributed by atoms with E-state index in [0.29, 0.717) is 29.6 Å². The molecular weight excluding hydrogens is 420 g/mol. The van der Waals surface area contributed by atoms with Crippen LogP contribution in [-0.4, -0.2) is 50.3 Å². The summed E-state index contributed by atoms with van der Waals surface area (Å²) in [6.07, 6.45) is 6.73. The minimum absolute atomic E-state index is 0.0649. The molecule has 1 aromatic carbocycles. The van der Waals surface area contributed by atoms with Crippen LogP contribution in [0.5, 0.6) is 0 Å². The van der Waals surface area contributed by atoms with Gasteiger partial charge in [0.25, 0.3) is 0 Å². The largest absolute Gasteiger partial charge is 0.419 e. The van der Waals surface area contributed by atoms with Crippen molar-refractivity contribution in [3.8, 4) is 11.5 Å². The summed E-state index contributed by atoms with van der Waals surface area (Å²) in [6, 6.07) is 7.09. The smallest absolute Gasteiger partial charge is 0.247 e. The molecule has 2 aliphatic carbocycles. The first kappa shape index (κ1) is 19.9. The number of fused-ring (bicyclic) bond motifs is 1. The van der Waals surface area contributed by atoms with Crippen molar-refractivity contribution in [2.75, 3.05) is 6.54 Å². The van der Waals surface area contributed by atoms with E-state index in [1.165, 1.54) is 0 Å². The Labute approximate surface area is 183 Å². The van der Waals surface area contributed by atoms with Gasteiger partial charge in [-0.15, -0.1) is 10.2 Å². The van der Waals surface area contributed by atoms with Gasteiger partial charge >= 0.3 is 0 Å². The quantitative estimate of drug-likeness (QED) is 0.506. The van der Waals surface area contributed by atoms with Gasteiger partial charge in [0.05, 0.1) is 18.4 Å². The van der Waals surface area contributed by atoms with Crippen LogP contribution in [0.2, 0.25) is 5.02 Å². The molecule has 0 N–H and O–H groups in total. The first-order valence-corrected chi connectivity index (χ1v) is 10.8. The molecule has 9 heteroatoms. The molecule has 0 unspecified atom stereocenters. The Hall–Kier alpha value is -3.00. The summed E-state index contributed by atoms with van der Waals surface area (Å²) in [6.45, 7) is -0.0892. The molecule has 0 bridgehead atoms. The molecule has 2 heterocycles. The monoisotopic (exact) mass is 440 g/mol. The van der Waals surface area contributed by atoms with E-state index in [9.17, 15) is 14.4 Å². The number of allylic oxidation sites excluding steroid dienone is 2. The van der Waals surface area contributed by atoms with Gasteiger partial charge in [-0.05, 0) is 49.9 Å². The van der Waals surface area contributed by atoms with Crippen LogP contribution < -0.4 is 0 Å². The number of rotatable bonds is 6. The van der Waals surface area contributed by atoms with Gasteiger partial charge in [0.15, 0.2) is 0 Å². The lowest BCUT2D eigenvalue weighted by Crippen LogP contribution is -2.43. The highest BCUT2D eigenvalue weighted by Gasteiger charge is 2.48. The van der Waals surface area contributed by atoms with Gasteiger partial charge in [-0.3, -0.25) is 19.3 Å². The molecule has 1 aliphatic heterocycles. The number of carbonyl (C=O) groups excluding carboxylic acids is 3. The Bertz CT molecular complexity index is 1030. The standard InChI is InChI=1S/C22H21ClN4O4/c23-14-7-5-13(6-8-14)20-25-24-18(31-20)11-26(15-9-10-15)19(28)12-27-21(29)16-3-1-2-4-17(16)22(27)30/h1-2,5-8,15-17H,3-4,9-12H2/t16-,17-/m1/s1. The van der Waals surface area contributed by atoms with Crippen molar-refractivity contribution in [2.24, 2.45) is 11.8 Å². The molecule has 0 spiro atoms. The van der Waals surface area contributed by atoms with E-state index in [2.05, 4.69) is 10.2 Å². The average molecular weight is 441 g/mol. The van der Waals surface area contributed by atoms with E-state index in [-0.39, 0.29) is 48.7 Å². The molecule has 1 saturated carbocycles. The SMILES string of the molecule is O=C1[C@@H]2CC=CC[C@H]2C(=O)N1CC(=O)N(Cc1nnc(-c2ccc(Cl)cc2)o1)C1CC1. The summed E-state index contributed by atoms with van der Waals surface area (Å²) in [5.41, 5.74) is 0.733. The van der Waals surface area contributed by atoms with Crippen LogP contribution in [0.25, 0.3) is 11.5 Å². The summed E-state index contributed by atoms with van der Waals surface area (Å²) in [5, 5.41) is 8.74. The highest BCUT2D eigenvalue weighted by molar-refractivity contribution is 6.30. The van der Waals surface area contributed by atoms with E-state index in [0.717, 1.165) is 23.3 Å². The Morgan fingerprint density at radius 1 is 1.06 bits per heavy atom. The van der Waals surface area contributed by atoms with E-state index in [1.54, 1.807) is 29.2 Å². The summed E-state index contributed by atoms with van der Waals surface area (Å²) in [7, 11) is 0. The zero-order valence-electron chi connectivity index (χ0n) is 16.7. The topological polar surface area (TPSA) is 96.6 Å². The summed E-state index contributed by atoms with van der Waals surface area (Å²) >= 11 is 5.91. The Morgan fingerprint density at radius 3 is 2.32 bits per heavy atom. The number of amides is 3. The second-order valence-corrected chi connectivity index (χ2v) is 8.62. The number of aromatic nitrogens is 2. The second-order valence-electron chi connectivity index (χ2n) is 8.18. The minimum atomic E-state index is -0.336. The van der Waals surface area contributed by atoms with Crippen molar-refractivity contribution in [3.05, 3.63) is 47.3 Å². The first-order chi connectivity index (χ1) is 15.0. The Balaban J connectivity index is 1.28. The van der Waals surface area contributed by atoms with Crippen LogP contribution in [0.3, 0.4) is 0 Å². The summed E-state index contributed by atoms with van der Waals surface area (Å²) in [5.74, 6) is -0.784. The number of carbonyl (C=O) groups is 3. The van der Waals surface area contributed by atoms with Crippen molar-refractivity contribution in [2.45, 2.75) is 38.3 Å². The molecule has 1 aromatic heterocycles. The predicted octanol–water partition coefficient (Wildman–Crippen LogP) is 2.83. The second kappa shape index (κ2) is 7.92. The van der Waals surface area contributed by atoms with Gasteiger partial charge in [-0.25, -0.2) is 0 Å². The number of halogens is 1. The molecule has 3 amide bonds. The molecule has 0 radical (unpaired) electrons. The van der Waals surface area contributed by atoms with Crippen LogP contribution >= 0.6 is 11.6 Å². The molecule has 8 nitrogen and oxygen atoms in total. The van der Waals surface area contributed by atoms with E-state index >= 15 is 0 Å². The Kier molecular flexibility index (Phi) is 5.09. The molecule has 1 saturated heterocycles. The fraction of sp³-hybridized carbons (Fsp3) is 0.409. The Morgan fingerprint density at radius 2 is 1.71 bits per heavy atom. The number of imide groups is 1. The lowest BCUT2D eigenvalue weighted by Gasteiger charge is -2.23. The molecule has 2 aromatic rings. The maximum Gasteiger partial charge on any atom is 0.247 e. The third kappa shape index (κ3) is 3.87. The molecular formula is C22H21ClN4O4. The highest BCUT2D eigenvalue weighted by atomic mass is 35.5.